The summed E-state index contributed by atoms with van der Waals surface area (Å²) < 4.78 is 4.97. The van der Waals surface area contributed by atoms with Gasteiger partial charge < -0.3 is 10.5 Å². The van der Waals surface area contributed by atoms with E-state index in [1.165, 1.54) is 24.5 Å². The Bertz CT molecular complexity index is 567. The maximum atomic E-state index is 11.7. The number of amides is 3. The van der Waals surface area contributed by atoms with E-state index in [4.69, 9.17) is 10.5 Å². The molecule has 18 heavy (non-hydrogen) atoms. The molecule has 0 fully saturated rings. The highest BCUT2D eigenvalue weighted by Gasteiger charge is 2.41. The van der Waals surface area contributed by atoms with Crippen molar-refractivity contribution in [2.75, 3.05) is 11.5 Å². The van der Waals surface area contributed by atoms with E-state index in [9.17, 15) is 19.2 Å². The highest BCUT2D eigenvalue weighted by Crippen LogP contribution is 2.35. The third kappa shape index (κ3) is 1.61. The number of carbonyl (C=O) groups is 3. The second-order valence-electron chi connectivity index (χ2n) is 3.39. The highest BCUT2D eigenvalue weighted by atomic mass is 16.5. The standard InChI is InChI=1S/C11H7N2O5/c12-11(17)13-6-2-1-3-7(18-5-4-14)8(6)9(15)10(13)16/h1-3H,5H2,(H2,12,17). The molecule has 0 saturated heterocycles. The molecular weight excluding hydrogens is 240 g/mol. The molecule has 91 valence electrons. The van der Waals surface area contributed by atoms with Crippen molar-refractivity contribution in [1.82, 2.24) is 0 Å². The lowest BCUT2D eigenvalue weighted by molar-refractivity contribution is -0.113. The monoisotopic (exact) mass is 247 g/mol. The number of fused-ring (bicyclic) bond motifs is 1. The lowest BCUT2D eigenvalue weighted by atomic mass is 10.1. The van der Waals surface area contributed by atoms with Crippen LogP contribution >= 0.6 is 0 Å². The summed E-state index contributed by atoms with van der Waals surface area (Å²) in [5.41, 5.74) is 5.01. The normalized spacial score (nSPS) is 13.4. The zero-order chi connectivity index (χ0) is 13.3. The zero-order valence-electron chi connectivity index (χ0n) is 9.00. The van der Waals surface area contributed by atoms with E-state index in [2.05, 4.69) is 0 Å². The number of ketones is 1. The Hall–Kier alpha value is -2.70. The minimum Gasteiger partial charge on any atom is -0.484 e. The van der Waals surface area contributed by atoms with Crippen LogP contribution in [0.1, 0.15) is 10.4 Å². The molecule has 0 saturated carbocycles. The Morgan fingerprint density at radius 3 is 2.72 bits per heavy atom. The van der Waals surface area contributed by atoms with Crippen molar-refractivity contribution in [2.45, 2.75) is 0 Å². The lowest BCUT2D eigenvalue weighted by Gasteiger charge is -2.11. The van der Waals surface area contributed by atoms with E-state index >= 15 is 0 Å². The molecule has 1 radical (unpaired) electrons. The molecular formula is C11H7N2O5. The van der Waals surface area contributed by atoms with E-state index in [0.29, 0.717) is 4.90 Å². The first-order chi connectivity index (χ1) is 8.57. The third-order valence-electron chi connectivity index (χ3n) is 2.38. The van der Waals surface area contributed by atoms with Crippen LogP contribution in [0.3, 0.4) is 0 Å². The van der Waals surface area contributed by atoms with Crippen molar-refractivity contribution in [2.24, 2.45) is 5.73 Å². The number of Topliss-reactive ketones (excluding diaryl/α,β-unsaturated/α-hetero) is 1. The highest BCUT2D eigenvalue weighted by molar-refractivity contribution is 6.56. The fourth-order valence-corrected chi connectivity index (χ4v) is 1.70. The Morgan fingerprint density at radius 2 is 2.11 bits per heavy atom. The molecule has 2 rings (SSSR count). The molecule has 0 spiro atoms. The molecule has 1 aromatic carbocycles. The predicted octanol–water partition coefficient (Wildman–Crippen LogP) is -0.217. The van der Waals surface area contributed by atoms with Gasteiger partial charge in [0.2, 0.25) is 6.29 Å². The van der Waals surface area contributed by atoms with Crippen molar-refractivity contribution >= 4 is 29.7 Å². The van der Waals surface area contributed by atoms with Gasteiger partial charge in [-0.2, -0.15) is 0 Å². The number of benzene rings is 1. The summed E-state index contributed by atoms with van der Waals surface area (Å²) in [4.78, 5) is 45.1. The van der Waals surface area contributed by atoms with Gasteiger partial charge in [-0.1, -0.05) is 6.07 Å². The number of nitrogens with zero attached hydrogens (tertiary/aromatic N) is 1. The molecule has 7 heteroatoms. The maximum absolute atomic E-state index is 11.7. The van der Waals surface area contributed by atoms with Crippen LogP contribution in [0.15, 0.2) is 18.2 Å². The summed E-state index contributed by atoms with van der Waals surface area (Å²) in [6.07, 6.45) is 1.49. The van der Waals surface area contributed by atoms with Gasteiger partial charge in [-0.3, -0.25) is 14.4 Å². The summed E-state index contributed by atoms with van der Waals surface area (Å²) >= 11 is 0. The van der Waals surface area contributed by atoms with Gasteiger partial charge in [-0.05, 0) is 12.1 Å². The first kappa shape index (κ1) is 11.8. The molecule has 1 heterocycles. The molecule has 7 nitrogen and oxygen atoms in total. The van der Waals surface area contributed by atoms with Crippen LogP contribution in [0.4, 0.5) is 10.5 Å². The van der Waals surface area contributed by atoms with E-state index < -0.39 is 17.7 Å². The number of hydrogen-bond donors (Lipinski definition) is 1. The molecule has 0 unspecified atom stereocenters. The van der Waals surface area contributed by atoms with E-state index in [-0.39, 0.29) is 23.6 Å². The Labute approximate surface area is 101 Å². The van der Waals surface area contributed by atoms with E-state index in [0.717, 1.165) is 0 Å². The number of hydrogen-bond acceptors (Lipinski definition) is 5. The minimum atomic E-state index is -1.05. The van der Waals surface area contributed by atoms with Crippen LogP contribution in [-0.4, -0.2) is 30.6 Å². The summed E-state index contributed by atoms with van der Waals surface area (Å²) in [6.45, 7) is -0.380. The Morgan fingerprint density at radius 1 is 1.39 bits per heavy atom. The number of anilines is 1. The van der Waals surface area contributed by atoms with Gasteiger partial charge >= 0.3 is 11.9 Å². The first-order valence-electron chi connectivity index (χ1n) is 4.87. The van der Waals surface area contributed by atoms with Crippen LogP contribution in [0.2, 0.25) is 0 Å². The first-order valence-corrected chi connectivity index (χ1v) is 4.87. The summed E-state index contributed by atoms with van der Waals surface area (Å²) in [5.74, 6) is -1.90. The SMILES string of the molecule is NC(=O)N1C(=O)C(=O)c2c(OC[C]=O)cccc21. The second-order valence-corrected chi connectivity index (χ2v) is 3.39. The van der Waals surface area contributed by atoms with Gasteiger partial charge in [0.15, 0.2) is 6.61 Å². The molecule has 1 aromatic rings. The van der Waals surface area contributed by atoms with Crippen LogP contribution in [0, 0.1) is 0 Å². The maximum Gasteiger partial charge on any atom is 0.326 e. The molecule has 2 N–H and O–H groups in total. The van der Waals surface area contributed by atoms with Crippen LogP contribution in [0.5, 0.6) is 5.75 Å². The third-order valence-corrected chi connectivity index (χ3v) is 2.38. The van der Waals surface area contributed by atoms with Crippen molar-refractivity contribution in [3.8, 4) is 5.75 Å². The van der Waals surface area contributed by atoms with Gasteiger partial charge in [-0.15, -0.1) is 0 Å². The predicted molar refractivity (Wildman–Crippen MR) is 59.0 cm³/mol. The van der Waals surface area contributed by atoms with Gasteiger partial charge in [0, 0.05) is 0 Å². The van der Waals surface area contributed by atoms with Crippen LogP contribution in [0.25, 0.3) is 0 Å². The zero-order valence-corrected chi connectivity index (χ0v) is 9.00. The van der Waals surface area contributed by atoms with Gasteiger partial charge in [0.05, 0.1) is 11.3 Å². The molecule has 0 bridgehead atoms. The fraction of sp³-hybridized carbons (Fsp3) is 0.0909. The van der Waals surface area contributed by atoms with E-state index in [1.807, 2.05) is 0 Å². The average Bonchev–Trinajstić information content (AvgIpc) is 2.60. The fourth-order valence-electron chi connectivity index (χ4n) is 1.70. The van der Waals surface area contributed by atoms with Gasteiger partial charge in [0.1, 0.15) is 5.75 Å². The molecule has 0 aliphatic carbocycles. The Balaban J connectivity index is 2.54. The summed E-state index contributed by atoms with van der Waals surface area (Å²) in [5, 5.41) is 0. The van der Waals surface area contributed by atoms with Crippen molar-refractivity contribution in [3.63, 3.8) is 0 Å². The van der Waals surface area contributed by atoms with Crippen LogP contribution in [-0.2, 0) is 9.59 Å². The molecule has 3 amide bonds. The molecule has 1 aliphatic rings. The largest absolute Gasteiger partial charge is 0.484 e. The van der Waals surface area contributed by atoms with Crippen molar-refractivity contribution in [1.29, 1.82) is 0 Å². The topological polar surface area (TPSA) is 107 Å². The quantitative estimate of drug-likeness (QED) is 0.743. The summed E-state index contributed by atoms with van der Waals surface area (Å²) in [7, 11) is 0. The number of imide groups is 1. The molecule has 0 aromatic heterocycles. The van der Waals surface area contributed by atoms with Crippen LogP contribution < -0.4 is 15.4 Å². The Kier molecular flexibility index (Phi) is 2.80. The van der Waals surface area contributed by atoms with Crippen molar-refractivity contribution < 1.29 is 23.9 Å². The number of nitrogens with two attached hydrogens (primary N) is 1. The number of ether oxygens (including phenoxy) is 1. The minimum absolute atomic E-state index is 0.0398. The lowest BCUT2D eigenvalue weighted by Crippen LogP contribution is -2.39. The molecule has 1 aliphatic heterocycles. The number of primary amides is 1. The second kappa shape index (κ2) is 4.28. The number of carbonyl (C=O) groups excluding carboxylic acids is 4. The van der Waals surface area contributed by atoms with Gasteiger partial charge in [-0.25, -0.2) is 9.69 Å². The smallest absolute Gasteiger partial charge is 0.326 e. The van der Waals surface area contributed by atoms with E-state index in [1.54, 1.807) is 0 Å². The van der Waals surface area contributed by atoms with Crippen molar-refractivity contribution in [3.05, 3.63) is 23.8 Å². The average molecular weight is 247 g/mol. The number of urea groups is 1. The summed E-state index contributed by atoms with van der Waals surface area (Å²) in [6, 6.07) is 3.22. The molecule has 0 atom stereocenters. The number of rotatable bonds is 3. The van der Waals surface area contributed by atoms with Gasteiger partial charge in [0.25, 0.3) is 5.78 Å².